The van der Waals surface area contributed by atoms with E-state index in [0.29, 0.717) is 36.7 Å². The Hall–Kier alpha value is -2.45. The number of amides is 1. The van der Waals surface area contributed by atoms with E-state index in [2.05, 4.69) is 5.32 Å². The first-order chi connectivity index (χ1) is 14.3. The van der Waals surface area contributed by atoms with E-state index in [4.69, 9.17) is 0 Å². The van der Waals surface area contributed by atoms with Gasteiger partial charge in [-0.2, -0.15) is 26.3 Å². The van der Waals surface area contributed by atoms with Crippen LogP contribution in [0, 0.1) is 12.8 Å². The smallest absolute Gasteiger partial charge is 0.350 e. The van der Waals surface area contributed by atoms with Crippen LogP contribution in [0.3, 0.4) is 0 Å². The zero-order valence-corrected chi connectivity index (χ0v) is 17.4. The molecule has 170 valence electrons. The van der Waals surface area contributed by atoms with Crippen molar-refractivity contribution in [2.75, 3.05) is 0 Å². The van der Waals surface area contributed by atoms with Crippen molar-refractivity contribution in [3.05, 3.63) is 46.6 Å². The molecule has 1 unspecified atom stereocenters. The molecular formula is C22H24F6N2O. The molecule has 9 heteroatoms. The maximum Gasteiger partial charge on any atom is 0.416 e. The number of aromatic nitrogens is 1. The lowest BCUT2D eigenvalue weighted by Gasteiger charge is -2.16. The van der Waals surface area contributed by atoms with Crippen LogP contribution in [0.5, 0.6) is 0 Å². The minimum Gasteiger partial charge on any atom is -0.350 e. The molecule has 0 bridgehead atoms. The minimum atomic E-state index is -4.93. The second-order valence-corrected chi connectivity index (χ2v) is 8.16. The van der Waals surface area contributed by atoms with E-state index < -0.39 is 29.4 Å². The van der Waals surface area contributed by atoms with Crippen LogP contribution >= 0.6 is 0 Å². The number of benzene rings is 1. The van der Waals surface area contributed by atoms with Crippen LogP contribution in [0.15, 0.2) is 24.3 Å². The lowest BCUT2D eigenvalue weighted by molar-refractivity contribution is -0.143. The van der Waals surface area contributed by atoms with E-state index >= 15 is 0 Å². The first kappa shape index (κ1) is 23.2. The molecule has 31 heavy (non-hydrogen) atoms. The fourth-order valence-corrected chi connectivity index (χ4v) is 3.41. The lowest BCUT2D eigenvalue weighted by Crippen LogP contribution is -2.32. The predicted octanol–water partition coefficient (Wildman–Crippen LogP) is 6.44. The molecule has 3 nitrogen and oxygen atoms in total. The summed E-state index contributed by atoms with van der Waals surface area (Å²) in [7, 11) is 0. The third kappa shape index (κ3) is 5.25. The van der Waals surface area contributed by atoms with Crippen LogP contribution in [-0.2, 0) is 18.9 Å². The van der Waals surface area contributed by atoms with E-state index in [0.717, 1.165) is 12.8 Å². The maximum atomic E-state index is 13.3. The zero-order chi connectivity index (χ0) is 23.1. The van der Waals surface area contributed by atoms with E-state index in [1.54, 1.807) is 11.5 Å². The summed E-state index contributed by atoms with van der Waals surface area (Å²) in [5.41, 5.74) is -2.01. The van der Waals surface area contributed by atoms with E-state index in [-0.39, 0.29) is 28.9 Å². The number of nitrogens with one attached hydrogen (secondary N) is 1. The summed E-state index contributed by atoms with van der Waals surface area (Å²) >= 11 is 0. The summed E-state index contributed by atoms with van der Waals surface area (Å²) < 4.78 is 81.6. The number of hydrogen-bond donors (Lipinski definition) is 1. The Kier molecular flexibility index (Phi) is 6.17. The number of hydrogen-bond acceptors (Lipinski definition) is 1. The van der Waals surface area contributed by atoms with Crippen molar-refractivity contribution in [3.63, 3.8) is 0 Å². The van der Waals surface area contributed by atoms with Gasteiger partial charge in [0.15, 0.2) is 0 Å². The Labute approximate surface area is 176 Å². The third-order valence-electron chi connectivity index (χ3n) is 5.62. The Morgan fingerprint density at radius 1 is 1.06 bits per heavy atom. The number of halogens is 6. The van der Waals surface area contributed by atoms with Gasteiger partial charge >= 0.3 is 12.4 Å². The van der Waals surface area contributed by atoms with Crippen molar-refractivity contribution in [3.8, 4) is 11.3 Å². The molecule has 1 aromatic carbocycles. The largest absolute Gasteiger partial charge is 0.416 e. The molecule has 1 amide bonds. The van der Waals surface area contributed by atoms with Crippen LogP contribution in [0.4, 0.5) is 26.3 Å². The van der Waals surface area contributed by atoms with Crippen molar-refractivity contribution < 1.29 is 31.1 Å². The van der Waals surface area contributed by atoms with Gasteiger partial charge in [0.1, 0.15) is 0 Å². The molecule has 1 atom stereocenters. The van der Waals surface area contributed by atoms with Gasteiger partial charge < -0.3 is 9.88 Å². The number of rotatable bonds is 6. The predicted molar refractivity (Wildman–Crippen MR) is 105 cm³/mol. The highest BCUT2D eigenvalue weighted by atomic mass is 19.4. The third-order valence-corrected chi connectivity index (χ3v) is 5.62. The van der Waals surface area contributed by atoms with Gasteiger partial charge in [-0.1, -0.05) is 6.92 Å². The molecule has 3 rings (SSSR count). The fourth-order valence-electron chi connectivity index (χ4n) is 3.41. The van der Waals surface area contributed by atoms with Crippen molar-refractivity contribution >= 4 is 5.91 Å². The average Bonchev–Trinajstić information content (AvgIpc) is 3.43. The molecule has 0 radical (unpaired) electrons. The summed E-state index contributed by atoms with van der Waals surface area (Å²) in [6.07, 6.45) is -7.32. The minimum absolute atomic E-state index is 0.112. The summed E-state index contributed by atoms with van der Waals surface area (Å²) in [5, 5.41) is 2.81. The van der Waals surface area contributed by atoms with Crippen LogP contribution in [-0.4, -0.2) is 16.5 Å². The second-order valence-electron chi connectivity index (χ2n) is 8.16. The van der Waals surface area contributed by atoms with E-state index in [1.807, 2.05) is 13.8 Å². The van der Waals surface area contributed by atoms with Gasteiger partial charge in [0.05, 0.1) is 16.7 Å². The van der Waals surface area contributed by atoms with E-state index in [9.17, 15) is 31.1 Å². The molecule has 1 saturated carbocycles. The van der Waals surface area contributed by atoms with Gasteiger partial charge in [-0.05, 0) is 68.9 Å². The topological polar surface area (TPSA) is 34.0 Å². The quantitative estimate of drug-likeness (QED) is 0.509. The summed E-state index contributed by atoms with van der Waals surface area (Å²) in [6, 6.07) is 2.81. The monoisotopic (exact) mass is 446 g/mol. The molecule has 0 spiro atoms. The van der Waals surface area contributed by atoms with Crippen LogP contribution in [0.1, 0.15) is 60.3 Å². The zero-order valence-electron chi connectivity index (χ0n) is 17.4. The van der Waals surface area contributed by atoms with Crippen LogP contribution in [0.2, 0.25) is 0 Å². The van der Waals surface area contributed by atoms with Crippen molar-refractivity contribution in [1.29, 1.82) is 0 Å². The number of nitrogens with zero attached hydrogens (tertiary/aromatic N) is 1. The molecule has 1 aliphatic carbocycles. The molecule has 1 aliphatic rings. The van der Waals surface area contributed by atoms with E-state index in [1.165, 1.54) is 6.07 Å². The maximum absolute atomic E-state index is 13.3. The first-order valence-corrected chi connectivity index (χ1v) is 10.1. The second kappa shape index (κ2) is 8.24. The van der Waals surface area contributed by atoms with Gasteiger partial charge in [-0.3, -0.25) is 4.79 Å². The SMILES string of the molecule is CCC(C)NC(=O)c1cc(-c2cc(C(F)(F)F)cc(C(F)(F)F)c2)n(CC2CC2)c1C. The number of carbonyl (C=O) groups excluding carboxylic acids is 1. The fraction of sp³-hybridized carbons (Fsp3) is 0.500. The molecule has 1 N–H and O–H groups in total. The average molecular weight is 446 g/mol. The molecular weight excluding hydrogens is 422 g/mol. The Morgan fingerprint density at radius 3 is 2.06 bits per heavy atom. The highest BCUT2D eigenvalue weighted by Crippen LogP contribution is 2.40. The normalized spacial score (nSPS) is 15.8. The van der Waals surface area contributed by atoms with Crippen molar-refractivity contribution in [1.82, 2.24) is 9.88 Å². The Morgan fingerprint density at radius 2 is 1.61 bits per heavy atom. The van der Waals surface area contributed by atoms with Gasteiger partial charge in [0.25, 0.3) is 5.91 Å². The molecule has 1 heterocycles. The summed E-state index contributed by atoms with van der Waals surface area (Å²) in [6.45, 7) is 5.81. The van der Waals surface area contributed by atoms with Crippen LogP contribution < -0.4 is 5.32 Å². The standard InChI is InChI=1S/C22H24F6N2O/c1-4-12(2)29-20(31)18-10-19(30(13(18)3)11-14-5-6-14)15-7-16(21(23,24)25)9-17(8-15)22(26,27)28/h7-10,12,14H,4-6,11H2,1-3H3,(H,29,31). The van der Waals surface area contributed by atoms with Gasteiger partial charge in [0.2, 0.25) is 0 Å². The number of alkyl halides is 6. The van der Waals surface area contributed by atoms with Gasteiger partial charge in [0, 0.05) is 24.0 Å². The van der Waals surface area contributed by atoms with Gasteiger partial charge in [-0.15, -0.1) is 0 Å². The molecule has 0 saturated heterocycles. The van der Waals surface area contributed by atoms with Gasteiger partial charge in [-0.25, -0.2) is 0 Å². The first-order valence-electron chi connectivity index (χ1n) is 10.1. The van der Waals surface area contributed by atoms with Crippen LogP contribution in [0.25, 0.3) is 11.3 Å². The molecule has 1 fully saturated rings. The summed E-state index contributed by atoms with van der Waals surface area (Å²) in [5.74, 6) is -0.103. The number of carbonyl (C=O) groups is 1. The highest BCUT2D eigenvalue weighted by Gasteiger charge is 2.37. The highest BCUT2D eigenvalue weighted by molar-refractivity contribution is 5.97. The summed E-state index contributed by atoms with van der Waals surface area (Å²) in [4.78, 5) is 12.7. The Bertz CT molecular complexity index is 937. The van der Waals surface area contributed by atoms with Crippen molar-refractivity contribution in [2.45, 2.75) is 65.0 Å². The molecule has 1 aromatic heterocycles. The lowest BCUT2D eigenvalue weighted by atomic mass is 10.0. The molecule has 0 aliphatic heterocycles. The Balaban J connectivity index is 2.16. The van der Waals surface area contributed by atoms with Crippen molar-refractivity contribution in [2.24, 2.45) is 5.92 Å². The molecule has 2 aromatic rings.